The van der Waals surface area contributed by atoms with Gasteiger partial charge in [0.05, 0.1) is 6.61 Å². The van der Waals surface area contributed by atoms with Crippen LogP contribution in [0, 0.1) is 11.7 Å². The summed E-state index contributed by atoms with van der Waals surface area (Å²) in [7, 11) is 0. The Balaban J connectivity index is 3.03. The minimum absolute atomic E-state index is 0.204. The van der Waals surface area contributed by atoms with Gasteiger partial charge in [-0.05, 0) is 44.9 Å². The molecule has 110 valence electrons. The van der Waals surface area contributed by atoms with E-state index in [0.717, 1.165) is 0 Å². The highest BCUT2D eigenvalue weighted by molar-refractivity contribution is 6.04. The molecule has 0 aromatic heterocycles. The molecule has 1 atom stereocenters. The summed E-state index contributed by atoms with van der Waals surface area (Å²) in [6, 6.07) is 5.78. The van der Waals surface area contributed by atoms with Crippen molar-refractivity contribution in [3.63, 3.8) is 0 Å². The van der Waals surface area contributed by atoms with Crippen LogP contribution in [-0.4, -0.2) is 18.4 Å². The molecule has 3 nitrogen and oxygen atoms in total. The molecule has 0 aliphatic heterocycles. The Labute approximate surface area is 119 Å². The topological polar surface area (TPSA) is 43.4 Å². The van der Waals surface area contributed by atoms with Crippen molar-refractivity contribution in [2.75, 3.05) is 6.61 Å². The number of ether oxygens (including phenoxy) is 1. The number of halogens is 1. The average Bonchev–Trinajstić information content (AvgIpc) is 2.40. The van der Waals surface area contributed by atoms with Gasteiger partial charge >= 0.3 is 5.97 Å². The third kappa shape index (κ3) is 3.44. The summed E-state index contributed by atoms with van der Waals surface area (Å²) >= 11 is 0. The fourth-order valence-corrected chi connectivity index (χ4v) is 2.15. The van der Waals surface area contributed by atoms with Gasteiger partial charge in [0, 0.05) is 5.41 Å². The number of ketones is 1. The minimum atomic E-state index is -0.860. The molecular formula is C16H21FO3. The van der Waals surface area contributed by atoms with Gasteiger partial charge < -0.3 is 4.74 Å². The number of hydrogen-bond donors (Lipinski definition) is 0. The van der Waals surface area contributed by atoms with Crippen LogP contribution in [-0.2, 0) is 19.7 Å². The Hall–Kier alpha value is -1.71. The number of benzene rings is 1. The van der Waals surface area contributed by atoms with E-state index < -0.39 is 17.3 Å². The van der Waals surface area contributed by atoms with Gasteiger partial charge in [-0.15, -0.1) is 0 Å². The number of esters is 1. The lowest BCUT2D eigenvalue weighted by atomic mass is 9.75. The molecule has 4 heteroatoms. The van der Waals surface area contributed by atoms with E-state index in [1.807, 2.05) is 0 Å². The first-order valence-corrected chi connectivity index (χ1v) is 6.81. The van der Waals surface area contributed by atoms with Crippen molar-refractivity contribution < 1.29 is 18.7 Å². The maximum atomic E-state index is 13.0. The van der Waals surface area contributed by atoms with Crippen LogP contribution in [0.4, 0.5) is 4.39 Å². The molecule has 0 amide bonds. The molecule has 20 heavy (non-hydrogen) atoms. The SMILES string of the molecule is CCOC(=O)C(CC)C(=O)C(C)(C)c1ccc(F)cc1. The van der Waals surface area contributed by atoms with Crippen LogP contribution in [0.1, 0.15) is 39.7 Å². The molecule has 0 saturated heterocycles. The van der Waals surface area contributed by atoms with Crippen molar-refractivity contribution >= 4 is 11.8 Å². The van der Waals surface area contributed by atoms with E-state index in [-0.39, 0.29) is 18.2 Å². The molecular weight excluding hydrogens is 259 g/mol. The highest BCUT2D eigenvalue weighted by Gasteiger charge is 2.38. The molecule has 0 aliphatic carbocycles. The zero-order valence-electron chi connectivity index (χ0n) is 12.4. The fourth-order valence-electron chi connectivity index (χ4n) is 2.15. The Morgan fingerprint density at radius 2 is 1.75 bits per heavy atom. The molecule has 0 radical (unpaired) electrons. The smallest absolute Gasteiger partial charge is 0.316 e. The zero-order chi connectivity index (χ0) is 15.3. The number of carbonyl (C=O) groups is 2. The summed E-state index contributed by atoms with van der Waals surface area (Å²) in [6.07, 6.45) is 0.391. The van der Waals surface area contributed by atoms with E-state index >= 15 is 0 Å². The van der Waals surface area contributed by atoms with Crippen LogP contribution in [0.3, 0.4) is 0 Å². The van der Waals surface area contributed by atoms with Gasteiger partial charge in [0.2, 0.25) is 0 Å². The van der Waals surface area contributed by atoms with Gasteiger partial charge in [0.25, 0.3) is 0 Å². The number of hydrogen-bond acceptors (Lipinski definition) is 3. The van der Waals surface area contributed by atoms with E-state index in [1.165, 1.54) is 12.1 Å². The maximum absolute atomic E-state index is 13.0. The third-order valence-electron chi connectivity index (χ3n) is 3.48. The van der Waals surface area contributed by atoms with Gasteiger partial charge in [-0.3, -0.25) is 9.59 Å². The van der Waals surface area contributed by atoms with Crippen molar-refractivity contribution in [3.8, 4) is 0 Å². The summed E-state index contributed by atoms with van der Waals surface area (Å²) < 4.78 is 17.9. The highest BCUT2D eigenvalue weighted by atomic mass is 19.1. The van der Waals surface area contributed by atoms with Crippen LogP contribution >= 0.6 is 0 Å². The third-order valence-corrected chi connectivity index (χ3v) is 3.48. The van der Waals surface area contributed by atoms with Crippen molar-refractivity contribution in [1.29, 1.82) is 0 Å². The molecule has 0 fully saturated rings. The maximum Gasteiger partial charge on any atom is 0.316 e. The highest BCUT2D eigenvalue weighted by Crippen LogP contribution is 2.29. The molecule has 0 saturated carbocycles. The lowest BCUT2D eigenvalue weighted by molar-refractivity contribution is -0.153. The van der Waals surface area contributed by atoms with Crippen molar-refractivity contribution in [3.05, 3.63) is 35.6 Å². The van der Waals surface area contributed by atoms with E-state index in [2.05, 4.69) is 0 Å². The van der Waals surface area contributed by atoms with Crippen LogP contribution in [0.15, 0.2) is 24.3 Å². The lowest BCUT2D eigenvalue weighted by Gasteiger charge is -2.27. The molecule has 0 bridgehead atoms. The number of carbonyl (C=O) groups excluding carboxylic acids is 2. The van der Waals surface area contributed by atoms with Crippen LogP contribution in [0.25, 0.3) is 0 Å². The predicted molar refractivity (Wildman–Crippen MR) is 74.8 cm³/mol. The van der Waals surface area contributed by atoms with E-state index in [1.54, 1.807) is 39.8 Å². The first-order valence-electron chi connectivity index (χ1n) is 6.81. The molecule has 0 heterocycles. The van der Waals surface area contributed by atoms with Crippen molar-refractivity contribution in [2.45, 2.75) is 39.5 Å². The summed E-state index contributed by atoms with van der Waals surface area (Å²) in [4.78, 5) is 24.4. The average molecular weight is 280 g/mol. The molecule has 1 aromatic carbocycles. The van der Waals surface area contributed by atoms with Crippen LogP contribution in [0.5, 0.6) is 0 Å². The Kier molecular flexibility index (Phi) is 5.43. The van der Waals surface area contributed by atoms with Gasteiger partial charge in [-0.25, -0.2) is 4.39 Å². The standard InChI is InChI=1S/C16H21FO3/c1-5-13(15(19)20-6-2)14(18)16(3,4)11-7-9-12(17)10-8-11/h7-10,13H,5-6H2,1-4H3. The van der Waals surface area contributed by atoms with Gasteiger partial charge in [-0.2, -0.15) is 0 Å². The second kappa shape index (κ2) is 6.64. The van der Waals surface area contributed by atoms with E-state index in [9.17, 15) is 14.0 Å². The molecule has 0 aliphatic rings. The van der Waals surface area contributed by atoms with Crippen molar-refractivity contribution in [2.24, 2.45) is 5.92 Å². The predicted octanol–water partition coefficient (Wildman–Crippen LogP) is 3.26. The van der Waals surface area contributed by atoms with Gasteiger partial charge in [-0.1, -0.05) is 19.1 Å². The fraction of sp³-hybridized carbons (Fsp3) is 0.500. The largest absolute Gasteiger partial charge is 0.465 e. The van der Waals surface area contributed by atoms with Gasteiger partial charge in [0.1, 0.15) is 11.7 Å². The van der Waals surface area contributed by atoms with Gasteiger partial charge in [0.15, 0.2) is 5.78 Å². The first-order chi connectivity index (χ1) is 9.34. The molecule has 1 rings (SSSR count). The second-order valence-electron chi connectivity index (χ2n) is 5.21. The van der Waals surface area contributed by atoms with Crippen LogP contribution < -0.4 is 0 Å². The lowest BCUT2D eigenvalue weighted by Crippen LogP contribution is -2.39. The molecule has 0 spiro atoms. The monoisotopic (exact) mass is 280 g/mol. The molecule has 0 N–H and O–H groups in total. The minimum Gasteiger partial charge on any atom is -0.465 e. The van der Waals surface area contributed by atoms with E-state index in [4.69, 9.17) is 4.74 Å². The summed E-state index contributed by atoms with van der Waals surface area (Å²) in [5.41, 5.74) is -0.173. The van der Waals surface area contributed by atoms with Crippen LogP contribution in [0.2, 0.25) is 0 Å². The Morgan fingerprint density at radius 1 is 1.20 bits per heavy atom. The molecule has 1 unspecified atom stereocenters. The Morgan fingerprint density at radius 3 is 2.20 bits per heavy atom. The zero-order valence-corrected chi connectivity index (χ0v) is 12.4. The normalized spacial score (nSPS) is 12.8. The number of Topliss-reactive ketones (excluding diaryl/α,β-unsaturated/α-hetero) is 1. The Bertz CT molecular complexity index is 477. The number of rotatable bonds is 6. The van der Waals surface area contributed by atoms with E-state index in [0.29, 0.717) is 12.0 Å². The first kappa shape index (κ1) is 16.3. The second-order valence-corrected chi connectivity index (χ2v) is 5.21. The quantitative estimate of drug-likeness (QED) is 0.593. The van der Waals surface area contributed by atoms with Crippen molar-refractivity contribution in [1.82, 2.24) is 0 Å². The summed E-state index contributed by atoms with van der Waals surface area (Å²) in [6.45, 7) is 7.22. The molecule has 1 aromatic rings. The summed E-state index contributed by atoms with van der Waals surface area (Å²) in [5, 5.41) is 0. The summed E-state index contributed by atoms with van der Waals surface area (Å²) in [5.74, 6) is -1.83.